The number of hydrogen-bond acceptors (Lipinski definition) is 3. The third kappa shape index (κ3) is 3.09. The predicted molar refractivity (Wildman–Crippen MR) is 79.2 cm³/mol. The minimum absolute atomic E-state index is 0.0705. The Morgan fingerprint density at radius 1 is 1.45 bits per heavy atom. The summed E-state index contributed by atoms with van der Waals surface area (Å²) in [5.74, 6) is -0.0705. The summed E-state index contributed by atoms with van der Waals surface area (Å²) in [6.07, 6.45) is 1.81. The van der Waals surface area contributed by atoms with Crippen LogP contribution in [0.5, 0.6) is 0 Å². The van der Waals surface area contributed by atoms with E-state index in [2.05, 4.69) is 31.4 Å². The molecule has 0 fully saturated rings. The highest BCUT2D eigenvalue weighted by atomic mass is 79.9. The van der Waals surface area contributed by atoms with Crippen LogP contribution in [0.25, 0.3) is 0 Å². The van der Waals surface area contributed by atoms with Crippen molar-refractivity contribution in [2.24, 2.45) is 7.05 Å². The van der Waals surface area contributed by atoms with Gasteiger partial charge in [-0.3, -0.25) is 14.2 Å². The number of carbonyl (C=O) groups excluding carboxylic acids is 1. The molecule has 7 heteroatoms. The SMILES string of the molecule is Cc1cc(CNC(=O)C(C)n2cc(Br)c(C)n2)n(C)n1. The third-order valence-electron chi connectivity index (χ3n) is 3.18. The van der Waals surface area contributed by atoms with E-state index in [4.69, 9.17) is 0 Å². The maximum Gasteiger partial charge on any atom is 0.244 e. The largest absolute Gasteiger partial charge is 0.349 e. The van der Waals surface area contributed by atoms with Crippen LogP contribution in [0.4, 0.5) is 0 Å². The zero-order valence-corrected chi connectivity index (χ0v) is 13.6. The van der Waals surface area contributed by atoms with Gasteiger partial charge >= 0.3 is 0 Å². The predicted octanol–water partition coefficient (Wildman–Crippen LogP) is 1.87. The Hall–Kier alpha value is -1.63. The van der Waals surface area contributed by atoms with E-state index in [0.29, 0.717) is 6.54 Å². The number of rotatable bonds is 4. The molecule has 2 rings (SSSR count). The molecule has 0 saturated carbocycles. The van der Waals surface area contributed by atoms with Gasteiger partial charge in [-0.15, -0.1) is 0 Å². The molecule has 0 spiro atoms. The summed E-state index contributed by atoms with van der Waals surface area (Å²) in [4.78, 5) is 12.1. The molecule has 0 aliphatic carbocycles. The smallest absolute Gasteiger partial charge is 0.244 e. The summed E-state index contributed by atoms with van der Waals surface area (Å²) in [5, 5.41) is 11.5. The van der Waals surface area contributed by atoms with Crippen LogP contribution in [0, 0.1) is 13.8 Å². The Morgan fingerprint density at radius 2 is 2.15 bits per heavy atom. The molecule has 6 nitrogen and oxygen atoms in total. The monoisotopic (exact) mass is 339 g/mol. The maximum absolute atomic E-state index is 12.1. The molecule has 2 aromatic rings. The summed E-state index contributed by atoms with van der Waals surface area (Å²) < 4.78 is 4.33. The first-order valence-corrected chi connectivity index (χ1v) is 7.16. The van der Waals surface area contributed by atoms with Crippen LogP contribution in [0.2, 0.25) is 0 Å². The van der Waals surface area contributed by atoms with E-state index in [1.54, 1.807) is 9.36 Å². The second-order valence-corrected chi connectivity index (χ2v) is 5.69. The van der Waals surface area contributed by atoms with E-state index in [1.165, 1.54) is 0 Å². The van der Waals surface area contributed by atoms with Crippen molar-refractivity contribution in [2.45, 2.75) is 33.4 Å². The molecule has 0 saturated heterocycles. The lowest BCUT2D eigenvalue weighted by Crippen LogP contribution is -2.31. The van der Waals surface area contributed by atoms with Crippen molar-refractivity contribution in [1.29, 1.82) is 0 Å². The molecule has 1 unspecified atom stereocenters. The summed E-state index contributed by atoms with van der Waals surface area (Å²) in [5.41, 5.74) is 2.78. The molecule has 0 radical (unpaired) electrons. The molecule has 108 valence electrons. The lowest BCUT2D eigenvalue weighted by molar-refractivity contribution is -0.124. The highest BCUT2D eigenvalue weighted by Gasteiger charge is 2.17. The van der Waals surface area contributed by atoms with E-state index in [9.17, 15) is 4.79 Å². The summed E-state index contributed by atoms with van der Waals surface area (Å²) >= 11 is 3.39. The van der Waals surface area contributed by atoms with Gasteiger partial charge < -0.3 is 5.32 Å². The zero-order valence-electron chi connectivity index (χ0n) is 12.0. The van der Waals surface area contributed by atoms with Crippen LogP contribution >= 0.6 is 15.9 Å². The molecule has 1 N–H and O–H groups in total. The van der Waals surface area contributed by atoms with Gasteiger partial charge in [-0.1, -0.05) is 0 Å². The highest BCUT2D eigenvalue weighted by Crippen LogP contribution is 2.16. The molecule has 0 aliphatic heterocycles. The Bertz CT molecular complexity index is 611. The van der Waals surface area contributed by atoms with Crippen LogP contribution < -0.4 is 5.32 Å². The molecule has 0 aliphatic rings. The molecule has 2 heterocycles. The zero-order chi connectivity index (χ0) is 14.9. The van der Waals surface area contributed by atoms with Crippen LogP contribution in [0.1, 0.15) is 30.0 Å². The van der Waals surface area contributed by atoms with Crippen LogP contribution in [0.15, 0.2) is 16.7 Å². The molecular formula is C13H18BrN5O. The highest BCUT2D eigenvalue weighted by molar-refractivity contribution is 9.10. The number of carbonyl (C=O) groups is 1. The van der Waals surface area contributed by atoms with E-state index in [-0.39, 0.29) is 11.9 Å². The molecule has 2 aromatic heterocycles. The minimum Gasteiger partial charge on any atom is -0.349 e. The molecular weight excluding hydrogens is 322 g/mol. The normalized spacial score (nSPS) is 12.4. The fraction of sp³-hybridized carbons (Fsp3) is 0.462. The van der Waals surface area contributed by atoms with Gasteiger partial charge in [0.15, 0.2) is 0 Å². The van der Waals surface area contributed by atoms with Crippen molar-refractivity contribution in [2.75, 3.05) is 0 Å². The Labute approximate surface area is 126 Å². The first kappa shape index (κ1) is 14.8. The third-order valence-corrected chi connectivity index (χ3v) is 3.95. The number of halogens is 1. The van der Waals surface area contributed by atoms with Crippen molar-refractivity contribution < 1.29 is 4.79 Å². The fourth-order valence-electron chi connectivity index (χ4n) is 1.93. The van der Waals surface area contributed by atoms with Crippen molar-refractivity contribution in [3.63, 3.8) is 0 Å². The van der Waals surface area contributed by atoms with E-state index in [0.717, 1.165) is 21.6 Å². The lowest BCUT2D eigenvalue weighted by Gasteiger charge is -2.12. The molecule has 0 bridgehead atoms. The minimum atomic E-state index is -0.352. The number of aromatic nitrogens is 4. The van der Waals surface area contributed by atoms with Crippen molar-refractivity contribution in [1.82, 2.24) is 24.9 Å². The lowest BCUT2D eigenvalue weighted by atomic mass is 10.3. The standard InChI is InChI=1S/C13H18BrN5O/c1-8-5-11(18(4)16-8)6-15-13(20)10(3)19-7-12(14)9(2)17-19/h5,7,10H,6H2,1-4H3,(H,15,20). The number of nitrogens with one attached hydrogen (secondary N) is 1. The quantitative estimate of drug-likeness (QED) is 0.924. The first-order valence-electron chi connectivity index (χ1n) is 6.37. The maximum atomic E-state index is 12.1. The van der Waals surface area contributed by atoms with Crippen molar-refractivity contribution >= 4 is 21.8 Å². The Morgan fingerprint density at radius 3 is 2.65 bits per heavy atom. The van der Waals surface area contributed by atoms with Crippen molar-refractivity contribution in [3.8, 4) is 0 Å². The van der Waals surface area contributed by atoms with Gasteiger partial charge in [0.2, 0.25) is 5.91 Å². The molecule has 0 aromatic carbocycles. The fourth-order valence-corrected chi connectivity index (χ4v) is 2.22. The first-order chi connectivity index (χ1) is 9.38. The molecule has 1 amide bonds. The number of amides is 1. The summed E-state index contributed by atoms with van der Waals surface area (Å²) in [7, 11) is 1.87. The van der Waals surface area contributed by atoms with Gasteiger partial charge in [0, 0.05) is 13.2 Å². The molecule has 1 atom stereocenters. The van der Waals surface area contributed by atoms with Crippen molar-refractivity contribution in [3.05, 3.63) is 33.8 Å². The second-order valence-electron chi connectivity index (χ2n) is 4.84. The Kier molecular flexibility index (Phi) is 4.27. The molecule has 20 heavy (non-hydrogen) atoms. The summed E-state index contributed by atoms with van der Waals surface area (Å²) in [6, 6.07) is 1.61. The van der Waals surface area contributed by atoms with Gasteiger partial charge in [-0.2, -0.15) is 10.2 Å². The van der Waals surface area contributed by atoms with E-state index >= 15 is 0 Å². The van der Waals surface area contributed by atoms with Crippen LogP contribution in [0.3, 0.4) is 0 Å². The number of nitrogens with zero attached hydrogens (tertiary/aromatic N) is 4. The number of hydrogen-bond donors (Lipinski definition) is 1. The Balaban J connectivity index is 1.99. The van der Waals surface area contributed by atoms with Gasteiger partial charge in [0.25, 0.3) is 0 Å². The van der Waals surface area contributed by atoms with E-state index in [1.807, 2.05) is 40.1 Å². The topological polar surface area (TPSA) is 64.7 Å². The number of aryl methyl sites for hydroxylation is 3. The van der Waals surface area contributed by atoms with Gasteiger partial charge in [-0.05, 0) is 42.8 Å². The van der Waals surface area contributed by atoms with Crippen LogP contribution in [-0.2, 0) is 18.4 Å². The average Bonchev–Trinajstić information content (AvgIpc) is 2.88. The van der Waals surface area contributed by atoms with Crippen LogP contribution in [-0.4, -0.2) is 25.5 Å². The average molecular weight is 340 g/mol. The van der Waals surface area contributed by atoms with E-state index < -0.39 is 0 Å². The van der Waals surface area contributed by atoms with Gasteiger partial charge in [-0.25, -0.2) is 0 Å². The van der Waals surface area contributed by atoms with Gasteiger partial charge in [0.05, 0.1) is 28.1 Å². The summed E-state index contributed by atoms with van der Waals surface area (Å²) in [6.45, 7) is 6.10. The second kappa shape index (κ2) is 5.78. The van der Waals surface area contributed by atoms with Gasteiger partial charge in [0.1, 0.15) is 6.04 Å².